The maximum absolute atomic E-state index is 5.51. The van der Waals surface area contributed by atoms with Gasteiger partial charge in [0, 0.05) is 12.1 Å². The molecule has 3 heteroatoms. The van der Waals surface area contributed by atoms with Crippen molar-refractivity contribution >= 4 is 0 Å². The van der Waals surface area contributed by atoms with Gasteiger partial charge in [-0.1, -0.05) is 0 Å². The molecule has 0 radical (unpaired) electrons. The Kier molecular flexibility index (Phi) is 2.61. The summed E-state index contributed by atoms with van der Waals surface area (Å²) in [5.41, 5.74) is 0.237. The minimum atomic E-state index is 0.237. The predicted octanol–water partition coefficient (Wildman–Crippen LogP) is 1.43. The maximum Gasteiger partial charge on any atom is 0.117 e. The van der Waals surface area contributed by atoms with Crippen molar-refractivity contribution in [3.63, 3.8) is 0 Å². The Balaban J connectivity index is 1.87. The molecule has 1 aromatic heterocycles. The van der Waals surface area contributed by atoms with Gasteiger partial charge in [0.05, 0.1) is 6.54 Å². The molecule has 0 aromatic carbocycles. The third kappa shape index (κ3) is 2.16. The third-order valence-electron chi connectivity index (χ3n) is 2.85. The summed E-state index contributed by atoms with van der Waals surface area (Å²) < 4.78 is 5.51. The maximum atomic E-state index is 5.51. The molecule has 0 spiro atoms. The number of nitrogens with one attached hydrogen (secondary N) is 2. The van der Waals surface area contributed by atoms with Crippen LogP contribution < -0.4 is 10.6 Å². The molecular weight excluding hydrogens is 176 g/mol. The highest BCUT2D eigenvalue weighted by Crippen LogP contribution is 2.15. The number of hydrogen-bond acceptors (Lipinski definition) is 3. The smallest absolute Gasteiger partial charge is 0.117 e. The minimum Gasteiger partial charge on any atom is -0.465 e. The van der Waals surface area contributed by atoms with Crippen LogP contribution in [0.3, 0.4) is 0 Å². The van der Waals surface area contributed by atoms with Gasteiger partial charge in [0.25, 0.3) is 0 Å². The second-order valence-corrected chi connectivity index (χ2v) is 4.35. The van der Waals surface area contributed by atoms with E-state index >= 15 is 0 Å². The van der Waals surface area contributed by atoms with Crippen LogP contribution in [0, 0.1) is 6.92 Å². The molecule has 3 nitrogen and oxygen atoms in total. The zero-order chi connectivity index (χ0) is 10.0. The van der Waals surface area contributed by atoms with Crippen LogP contribution in [0.25, 0.3) is 0 Å². The highest BCUT2D eigenvalue weighted by Gasteiger charge is 2.27. The molecular formula is C11H18N2O. The summed E-state index contributed by atoms with van der Waals surface area (Å²) in [6.07, 6.45) is 1.19. The van der Waals surface area contributed by atoms with Crippen molar-refractivity contribution in [3.8, 4) is 0 Å². The van der Waals surface area contributed by atoms with Crippen LogP contribution in [0.2, 0.25) is 0 Å². The molecule has 1 aliphatic rings. The Hall–Kier alpha value is -0.800. The summed E-state index contributed by atoms with van der Waals surface area (Å²) >= 11 is 0. The fourth-order valence-electron chi connectivity index (χ4n) is 1.85. The van der Waals surface area contributed by atoms with E-state index in [0.29, 0.717) is 0 Å². The Morgan fingerprint density at radius 1 is 1.57 bits per heavy atom. The van der Waals surface area contributed by atoms with Crippen molar-refractivity contribution < 1.29 is 4.42 Å². The van der Waals surface area contributed by atoms with E-state index < -0.39 is 0 Å². The number of aryl methyl sites for hydroxylation is 1. The van der Waals surface area contributed by atoms with Crippen LogP contribution >= 0.6 is 0 Å². The summed E-state index contributed by atoms with van der Waals surface area (Å²) in [5, 5.41) is 6.89. The third-order valence-corrected chi connectivity index (χ3v) is 2.85. The SMILES string of the molecule is Cc1ccc(CNC2(C)CCNC2)o1. The first kappa shape index (κ1) is 9.74. The van der Waals surface area contributed by atoms with Crippen LogP contribution in [0.4, 0.5) is 0 Å². The molecule has 1 aliphatic heterocycles. The van der Waals surface area contributed by atoms with Gasteiger partial charge in [-0.05, 0) is 38.9 Å². The Morgan fingerprint density at radius 2 is 2.43 bits per heavy atom. The molecule has 1 aromatic rings. The molecule has 0 saturated carbocycles. The molecule has 14 heavy (non-hydrogen) atoms. The quantitative estimate of drug-likeness (QED) is 0.764. The van der Waals surface area contributed by atoms with Gasteiger partial charge in [0.2, 0.25) is 0 Å². The van der Waals surface area contributed by atoms with E-state index in [1.807, 2.05) is 19.1 Å². The van der Waals surface area contributed by atoms with E-state index in [1.165, 1.54) is 6.42 Å². The molecule has 0 aliphatic carbocycles. The van der Waals surface area contributed by atoms with Crippen LogP contribution in [-0.2, 0) is 6.54 Å². The van der Waals surface area contributed by atoms with Gasteiger partial charge in [-0.15, -0.1) is 0 Å². The Bertz CT molecular complexity index is 300. The molecule has 0 amide bonds. The summed E-state index contributed by atoms with van der Waals surface area (Å²) in [6.45, 7) is 7.21. The number of hydrogen-bond donors (Lipinski definition) is 2. The molecule has 2 heterocycles. The lowest BCUT2D eigenvalue weighted by Crippen LogP contribution is -2.43. The van der Waals surface area contributed by atoms with Crippen LogP contribution in [-0.4, -0.2) is 18.6 Å². The lowest BCUT2D eigenvalue weighted by molar-refractivity contribution is 0.357. The van der Waals surface area contributed by atoms with E-state index in [9.17, 15) is 0 Å². The van der Waals surface area contributed by atoms with Gasteiger partial charge in [0.1, 0.15) is 11.5 Å². The lowest BCUT2D eigenvalue weighted by Gasteiger charge is -2.23. The molecule has 0 bridgehead atoms. The van der Waals surface area contributed by atoms with Crippen molar-refractivity contribution in [2.45, 2.75) is 32.4 Å². The van der Waals surface area contributed by atoms with Crippen LogP contribution in [0.15, 0.2) is 16.5 Å². The van der Waals surface area contributed by atoms with Crippen molar-refractivity contribution in [1.82, 2.24) is 10.6 Å². The van der Waals surface area contributed by atoms with E-state index in [-0.39, 0.29) is 5.54 Å². The van der Waals surface area contributed by atoms with E-state index in [2.05, 4.69) is 17.6 Å². The number of furan rings is 1. The molecule has 2 rings (SSSR count). The number of rotatable bonds is 3. The van der Waals surface area contributed by atoms with Crippen molar-refractivity contribution in [2.24, 2.45) is 0 Å². The fraction of sp³-hybridized carbons (Fsp3) is 0.636. The van der Waals surface area contributed by atoms with Gasteiger partial charge in [-0.25, -0.2) is 0 Å². The zero-order valence-electron chi connectivity index (χ0n) is 8.89. The first-order chi connectivity index (χ1) is 6.68. The van der Waals surface area contributed by atoms with Crippen LogP contribution in [0.1, 0.15) is 24.9 Å². The van der Waals surface area contributed by atoms with E-state index in [0.717, 1.165) is 31.2 Å². The predicted molar refractivity (Wildman–Crippen MR) is 56.2 cm³/mol. The standard InChI is InChI=1S/C11H18N2O/c1-9-3-4-10(14-9)7-13-11(2)5-6-12-8-11/h3-4,12-13H,5-8H2,1-2H3. The molecule has 1 fully saturated rings. The Labute approximate surface area is 84.9 Å². The van der Waals surface area contributed by atoms with Gasteiger partial charge >= 0.3 is 0 Å². The average molecular weight is 194 g/mol. The summed E-state index contributed by atoms with van der Waals surface area (Å²) in [5.74, 6) is 2.01. The van der Waals surface area contributed by atoms with Gasteiger partial charge in [-0.3, -0.25) is 0 Å². The monoisotopic (exact) mass is 194 g/mol. The summed E-state index contributed by atoms with van der Waals surface area (Å²) in [6, 6.07) is 4.04. The van der Waals surface area contributed by atoms with E-state index in [4.69, 9.17) is 4.42 Å². The fourth-order valence-corrected chi connectivity index (χ4v) is 1.85. The van der Waals surface area contributed by atoms with Gasteiger partial charge < -0.3 is 15.1 Å². The van der Waals surface area contributed by atoms with Gasteiger partial charge in [0.15, 0.2) is 0 Å². The Morgan fingerprint density at radius 3 is 3.00 bits per heavy atom. The minimum absolute atomic E-state index is 0.237. The first-order valence-corrected chi connectivity index (χ1v) is 5.19. The average Bonchev–Trinajstić information content (AvgIpc) is 2.73. The van der Waals surface area contributed by atoms with Crippen molar-refractivity contribution in [3.05, 3.63) is 23.7 Å². The molecule has 78 valence electrons. The largest absolute Gasteiger partial charge is 0.465 e. The molecule has 1 saturated heterocycles. The normalized spacial score (nSPS) is 27.0. The molecule has 2 N–H and O–H groups in total. The van der Waals surface area contributed by atoms with Crippen molar-refractivity contribution in [2.75, 3.05) is 13.1 Å². The van der Waals surface area contributed by atoms with Crippen molar-refractivity contribution in [1.29, 1.82) is 0 Å². The summed E-state index contributed by atoms with van der Waals surface area (Å²) in [4.78, 5) is 0. The molecule has 1 atom stereocenters. The second-order valence-electron chi connectivity index (χ2n) is 4.35. The van der Waals surface area contributed by atoms with E-state index in [1.54, 1.807) is 0 Å². The topological polar surface area (TPSA) is 37.2 Å². The first-order valence-electron chi connectivity index (χ1n) is 5.19. The highest BCUT2D eigenvalue weighted by molar-refractivity contribution is 5.06. The molecule has 1 unspecified atom stereocenters. The van der Waals surface area contributed by atoms with Crippen LogP contribution in [0.5, 0.6) is 0 Å². The summed E-state index contributed by atoms with van der Waals surface area (Å²) in [7, 11) is 0. The lowest BCUT2D eigenvalue weighted by atomic mass is 10.0. The highest BCUT2D eigenvalue weighted by atomic mass is 16.3. The zero-order valence-corrected chi connectivity index (χ0v) is 8.89. The second kappa shape index (κ2) is 3.75. The van der Waals surface area contributed by atoms with Gasteiger partial charge in [-0.2, -0.15) is 0 Å².